The molecule has 0 aliphatic heterocycles. The first-order chi connectivity index (χ1) is 8.99. The molecular formula is C16H25NO2. The fourth-order valence-corrected chi connectivity index (χ4v) is 2.30. The molecule has 0 spiro atoms. The van der Waals surface area contributed by atoms with E-state index in [1.807, 2.05) is 20.2 Å². The molecule has 1 atom stereocenters. The summed E-state index contributed by atoms with van der Waals surface area (Å²) in [5.74, 6) is 1.14. The number of ketones is 1. The second kappa shape index (κ2) is 7.29. The molecule has 1 unspecified atom stereocenters. The molecule has 0 amide bonds. The molecule has 0 aromatic heterocycles. The van der Waals surface area contributed by atoms with Gasteiger partial charge in [0.25, 0.3) is 0 Å². The maximum absolute atomic E-state index is 11.2. The van der Waals surface area contributed by atoms with Gasteiger partial charge in [0.15, 0.2) is 0 Å². The molecule has 0 saturated heterocycles. The molecule has 0 aliphatic rings. The fraction of sp³-hybridized carbons (Fsp3) is 0.562. The highest BCUT2D eigenvalue weighted by Crippen LogP contribution is 2.32. The van der Waals surface area contributed by atoms with Gasteiger partial charge in [-0.25, -0.2) is 0 Å². The molecule has 1 aromatic rings. The van der Waals surface area contributed by atoms with E-state index in [1.165, 1.54) is 11.1 Å². The van der Waals surface area contributed by atoms with Gasteiger partial charge in [-0.3, -0.25) is 0 Å². The lowest BCUT2D eigenvalue weighted by Crippen LogP contribution is -2.21. The summed E-state index contributed by atoms with van der Waals surface area (Å²) in [5.41, 5.74) is 2.47. The molecule has 1 rings (SSSR count). The van der Waals surface area contributed by atoms with Gasteiger partial charge < -0.3 is 14.4 Å². The predicted octanol–water partition coefficient (Wildman–Crippen LogP) is 3.23. The highest BCUT2D eigenvalue weighted by Gasteiger charge is 2.19. The van der Waals surface area contributed by atoms with Crippen LogP contribution in [0.5, 0.6) is 5.75 Å². The molecule has 106 valence electrons. The van der Waals surface area contributed by atoms with Gasteiger partial charge in [-0.05, 0) is 45.5 Å². The van der Waals surface area contributed by atoms with Gasteiger partial charge in [0.1, 0.15) is 11.5 Å². The third-order valence-corrected chi connectivity index (χ3v) is 3.45. The highest BCUT2D eigenvalue weighted by molar-refractivity contribution is 5.75. The lowest BCUT2D eigenvalue weighted by molar-refractivity contribution is -0.117. The summed E-state index contributed by atoms with van der Waals surface area (Å²) in [6.45, 7) is 3.79. The first-order valence-electron chi connectivity index (χ1n) is 6.82. The number of rotatable bonds is 7. The number of hydrogen-bond acceptors (Lipinski definition) is 3. The van der Waals surface area contributed by atoms with E-state index in [0.717, 1.165) is 18.6 Å². The summed E-state index contributed by atoms with van der Waals surface area (Å²) < 4.78 is 5.47. The maximum Gasteiger partial charge on any atom is 0.129 e. The number of carbonyl (C=O) groups excluding carboxylic acids is 1. The molecule has 0 bridgehead atoms. The van der Waals surface area contributed by atoms with Crippen LogP contribution < -0.4 is 4.74 Å². The Morgan fingerprint density at radius 3 is 2.53 bits per heavy atom. The van der Waals surface area contributed by atoms with E-state index in [2.05, 4.69) is 24.0 Å². The summed E-state index contributed by atoms with van der Waals surface area (Å²) in [6.07, 6.45) is 2.43. The quantitative estimate of drug-likeness (QED) is 0.756. The zero-order valence-corrected chi connectivity index (χ0v) is 12.7. The lowest BCUT2D eigenvalue weighted by atomic mass is 9.96. The van der Waals surface area contributed by atoms with Crippen molar-refractivity contribution >= 4 is 5.78 Å². The van der Waals surface area contributed by atoms with E-state index >= 15 is 0 Å². The highest BCUT2D eigenvalue weighted by atomic mass is 16.5. The largest absolute Gasteiger partial charge is 0.496 e. The van der Waals surface area contributed by atoms with E-state index in [-0.39, 0.29) is 11.8 Å². The summed E-state index contributed by atoms with van der Waals surface area (Å²) in [7, 11) is 5.79. The van der Waals surface area contributed by atoms with Crippen molar-refractivity contribution < 1.29 is 9.53 Å². The van der Waals surface area contributed by atoms with Gasteiger partial charge in [0.05, 0.1) is 7.11 Å². The topological polar surface area (TPSA) is 29.5 Å². The fourth-order valence-electron chi connectivity index (χ4n) is 2.30. The van der Waals surface area contributed by atoms with Crippen LogP contribution in [0.2, 0.25) is 0 Å². The molecule has 0 radical (unpaired) electrons. The molecule has 3 nitrogen and oxygen atoms in total. The van der Waals surface area contributed by atoms with Crippen LogP contribution in [0, 0.1) is 0 Å². The molecule has 0 aliphatic carbocycles. The Kier molecular flexibility index (Phi) is 6.03. The molecular weight excluding hydrogens is 238 g/mol. The SMILES string of the molecule is CCc1ccc(OC)c(C(CCC(C)=O)N(C)C)c1. The van der Waals surface area contributed by atoms with Crippen LogP contribution in [0.3, 0.4) is 0 Å². The van der Waals surface area contributed by atoms with Crippen molar-refractivity contribution in [2.45, 2.75) is 39.2 Å². The number of benzene rings is 1. The van der Waals surface area contributed by atoms with Crippen LogP contribution in [-0.2, 0) is 11.2 Å². The van der Waals surface area contributed by atoms with Crippen LogP contribution in [0.4, 0.5) is 0 Å². The van der Waals surface area contributed by atoms with Gasteiger partial charge in [0.2, 0.25) is 0 Å². The minimum atomic E-state index is 0.213. The van der Waals surface area contributed by atoms with Crippen molar-refractivity contribution in [2.24, 2.45) is 0 Å². The second-order valence-electron chi connectivity index (χ2n) is 5.15. The summed E-state index contributed by atoms with van der Waals surface area (Å²) in [6, 6.07) is 6.53. The van der Waals surface area contributed by atoms with Crippen LogP contribution in [-0.4, -0.2) is 31.9 Å². The summed E-state index contributed by atoms with van der Waals surface area (Å²) >= 11 is 0. The average Bonchev–Trinajstić information content (AvgIpc) is 2.38. The Labute approximate surface area is 116 Å². The number of methoxy groups -OCH3 is 1. The Morgan fingerprint density at radius 1 is 1.37 bits per heavy atom. The van der Waals surface area contributed by atoms with Gasteiger partial charge in [-0.1, -0.05) is 19.1 Å². The number of carbonyl (C=O) groups is 1. The third kappa shape index (κ3) is 4.35. The Morgan fingerprint density at radius 2 is 2.05 bits per heavy atom. The maximum atomic E-state index is 11.2. The van der Waals surface area contributed by atoms with Crippen molar-refractivity contribution in [3.05, 3.63) is 29.3 Å². The minimum Gasteiger partial charge on any atom is -0.496 e. The number of hydrogen-bond donors (Lipinski definition) is 0. The first kappa shape index (κ1) is 15.7. The second-order valence-corrected chi connectivity index (χ2v) is 5.15. The normalized spacial score (nSPS) is 12.5. The smallest absolute Gasteiger partial charge is 0.129 e. The van der Waals surface area contributed by atoms with Gasteiger partial charge >= 0.3 is 0 Å². The number of nitrogens with zero attached hydrogens (tertiary/aromatic N) is 1. The molecule has 0 fully saturated rings. The molecule has 19 heavy (non-hydrogen) atoms. The monoisotopic (exact) mass is 263 g/mol. The Balaban J connectivity index is 3.08. The Bertz CT molecular complexity index is 427. The standard InChI is InChI=1S/C16H25NO2/c1-6-13-8-10-16(19-5)14(11-13)15(17(3)4)9-7-12(2)18/h8,10-11,15H,6-7,9H2,1-5H3. The van der Waals surface area contributed by atoms with E-state index in [1.54, 1.807) is 14.0 Å². The van der Waals surface area contributed by atoms with Crippen LogP contribution in [0.1, 0.15) is 43.9 Å². The number of ether oxygens (including phenoxy) is 1. The minimum absolute atomic E-state index is 0.213. The van der Waals surface area contributed by atoms with E-state index < -0.39 is 0 Å². The number of Topliss-reactive ketones (excluding diaryl/α,β-unsaturated/α-hetero) is 1. The molecule has 0 heterocycles. The lowest BCUT2D eigenvalue weighted by Gasteiger charge is -2.26. The van der Waals surface area contributed by atoms with Crippen molar-refractivity contribution in [3.63, 3.8) is 0 Å². The predicted molar refractivity (Wildman–Crippen MR) is 78.7 cm³/mol. The van der Waals surface area contributed by atoms with E-state index in [9.17, 15) is 4.79 Å². The van der Waals surface area contributed by atoms with Crippen molar-refractivity contribution in [2.75, 3.05) is 21.2 Å². The number of aryl methyl sites for hydroxylation is 1. The zero-order chi connectivity index (χ0) is 14.4. The van der Waals surface area contributed by atoms with Crippen LogP contribution in [0.25, 0.3) is 0 Å². The zero-order valence-electron chi connectivity index (χ0n) is 12.7. The van der Waals surface area contributed by atoms with Gasteiger partial charge in [-0.2, -0.15) is 0 Å². The van der Waals surface area contributed by atoms with Gasteiger partial charge in [-0.15, -0.1) is 0 Å². The Hall–Kier alpha value is -1.35. The average molecular weight is 263 g/mol. The summed E-state index contributed by atoms with van der Waals surface area (Å²) in [4.78, 5) is 13.4. The van der Waals surface area contributed by atoms with Crippen molar-refractivity contribution in [1.29, 1.82) is 0 Å². The van der Waals surface area contributed by atoms with E-state index in [4.69, 9.17) is 4.74 Å². The molecule has 1 aromatic carbocycles. The first-order valence-corrected chi connectivity index (χ1v) is 6.82. The molecule has 3 heteroatoms. The van der Waals surface area contributed by atoms with E-state index in [0.29, 0.717) is 6.42 Å². The molecule has 0 saturated carbocycles. The molecule has 0 N–H and O–H groups in total. The van der Waals surface area contributed by atoms with Crippen LogP contribution in [0.15, 0.2) is 18.2 Å². The third-order valence-electron chi connectivity index (χ3n) is 3.45. The van der Waals surface area contributed by atoms with Gasteiger partial charge in [0, 0.05) is 18.0 Å². The van der Waals surface area contributed by atoms with Crippen molar-refractivity contribution in [3.8, 4) is 5.75 Å². The van der Waals surface area contributed by atoms with Crippen molar-refractivity contribution in [1.82, 2.24) is 4.90 Å². The summed E-state index contributed by atoms with van der Waals surface area (Å²) in [5, 5.41) is 0. The van der Waals surface area contributed by atoms with Crippen LogP contribution >= 0.6 is 0 Å².